The molecule has 0 saturated heterocycles. The number of carbonyl (C=O) groups is 1. The van der Waals surface area contributed by atoms with E-state index < -0.39 is 18.0 Å². The molecule has 0 aliphatic carbocycles. The van der Waals surface area contributed by atoms with E-state index in [1.807, 2.05) is 0 Å². The van der Waals surface area contributed by atoms with Crippen LogP contribution in [0.5, 0.6) is 0 Å². The van der Waals surface area contributed by atoms with Crippen LogP contribution < -0.4 is 0 Å². The Morgan fingerprint density at radius 2 is 2.00 bits per heavy atom. The SMILES string of the molecule is COC(=O)/C=C(/OC)C(C)C(O)C=N. The molecule has 0 aromatic heterocycles. The lowest BCUT2D eigenvalue weighted by atomic mass is 10.0. The average Bonchev–Trinajstić information content (AvgIpc) is 2.23. The molecule has 0 heterocycles. The average molecular weight is 201 g/mol. The van der Waals surface area contributed by atoms with Gasteiger partial charge in [0.2, 0.25) is 0 Å². The molecule has 0 rings (SSSR count). The van der Waals surface area contributed by atoms with Gasteiger partial charge in [0.15, 0.2) is 0 Å². The van der Waals surface area contributed by atoms with Crippen molar-refractivity contribution in [3.05, 3.63) is 11.8 Å². The van der Waals surface area contributed by atoms with Crippen LogP contribution in [0.3, 0.4) is 0 Å². The quantitative estimate of drug-likeness (QED) is 0.291. The molecule has 0 saturated carbocycles. The third-order valence-corrected chi connectivity index (χ3v) is 1.83. The molecule has 2 atom stereocenters. The molecule has 0 aliphatic rings. The predicted octanol–water partition coefficient (Wildman–Crippen LogP) is 0.336. The maximum absolute atomic E-state index is 10.9. The highest BCUT2D eigenvalue weighted by Crippen LogP contribution is 2.14. The molecule has 0 amide bonds. The molecule has 2 unspecified atom stereocenters. The van der Waals surface area contributed by atoms with Gasteiger partial charge in [-0.25, -0.2) is 4.79 Å². The topological polar surface area (TPSA) is 79.6 Å². The van der Waals surface area contributed by atoms with Crippen LogP contribution in [0.2, 0.25) is 0 Å². The summed E-state index contributed by atoms with van der Waals surface area (Å²) in [6.07, 6.45) is 1.07. The summed E-state index contributed by atoms with van der Waals surface area (Å²) in [5.74, 6) is -0.713. The molecular weight excluding hydrogens is 186 g/mol. The van der Waals surface area contributed by atoms with Gasteiger partial charge in [-0.2, -0.15) is 0 Å². The van der Waals surface area contributed by atoms with Gasteiger partial charge in [-0.05, 0) is 0 Å². The highest BCUT2D eigenvalue weighted by Gasteiger charge is 2.18. The number of ether oxygens (including phenoxy) is 2. The first-order valence-electron chi connectivity index (χ1n) is 4.09. The normalized spacial score (nSPS) is 15.6. The Labute approximate surface area is 82.8 Å². The second-order valence-corrected chi connectivity index (χ2v) is 2.72. The summed E-state index contributed by atoms with van der Waals surface area (Å²) in [5.41, 5.74) is 0. The number of rotatable bonds is 5. The van der Waals surface area contributed by atoms with E-state index in [2.05, 4.69) is 4.74 Å². The summed E-state index contributed by atoms with van der Waals surface area (Å²) >= 11 is 0. The largest absolute Gasteiger partial charge is 0.500 e. The van der Waals surface area contributed by atoms with Crippen molar-refractivity contribution in [2.45, 2.75) is 13.0 Å². The highest BCUT2D eigenvalue weighted by molar-refractivity contribution is 5.82. The zero-order valence-corrected chi connectivity index (χ0v) is 8.48. The molecule has 80 valence electrons. The summed E-state index contributed by atoms with van der Waals surface area (Å²) in [6, 6.07) is 0. The van der Waals surface area contributed by atoms with Crippen molar-refractivity contribution in [3.8, 4) is 0 Å². The molecule has 0 spiro atoms. The van der Waals surface area contributed by atoms with E-state index in [4.69, 9.17) is 10.1 Å². The summed E-state index contributed by atoms with van der Waals surface area (Å²) < 4.78 is 9.32. The first kappa shape index (κ1) is 12.6. The number of esters is 1. The van der Waals surface area contributed by atoms with Gasteiger partial charge in [-0.15, -0.1) is 0 Å². The first-order chi connectivity index (χ1) is 6.56. The van der Waals surface area contributed by atoms with Crippen LogP contribution in [0.15, 0.2) is 11.8 Å². The predicted molar refractivity (Wildman–Crippen MR) is 51.1 cm³/mol. The number of methoxy groups -OCH3 is 2. The minimum Gasteiger partial charge on any atom is -0.500 e. The van der Waals surface area contributed by atoms with Crippen molar-refractivity contribution >= 4 is 12.2 Å². The van der Waals surface area contributed by atoms with Crippen LogP contribution in [0, 0.1) is 11.3 Å². The molecule has 2 N–H and O–H groups in total. The Morgan fingerprint density at radius 3 is 2.36 bits per heavy atom. The van der Waals surface area contributed by atoms with Crippen molar-refractivity contribution in [1.29, 1.82) is 5.41 Å². The lowest BCUT2D eigenvalue weighted by Crippen LogP contribution is -2.22. The lowest BCUT2D eigenvalue weighted by Gasteiger charge is -2.16. The number of carbonyl (C=O) groups excluding carboxylic acids is 1. The fourth-order valence-electron chi connectivity index (χ4n) is 0.864. The molecule has 0 radical (unpaired) electrons. The monoisotopic (exact) mass is 201 g/mol. The summed E-state index contributed by atoms with van der Waals surface area (Å²) in [6.45, 7) is 1.65. The van der Waals surface area contributed by atoms with Crippen molar-refractivity contribution in [1.82, 2.24) is 0 Å². The van der Waals surface area contributed by atoms with Crippen molar-refractivity contribution in [3.63, 3.8) is 0 Å². The highest BCUT2D eigenvalue weighted by atomic mass is 16.5. The summed E-state index contributed by atoms with van der Waals surface area (Å²) in [7, 11) is 2.64. The first-order valence-corrected chi connectivity index (χ1v) is 4.09. The van der Waals surface area contributed by atoms with Crippen LogP contribution in [0.25, 0.3) is 0 Å². The molecule has 5 heteroatoms. The maximum atomic E-state index is 10.9. The number of hydrogen-bond donors (Lipinski definition) is 2. The number of aliphatic hydroxyl groups excluding tert-OH is 1. The fraction of sp³-hybridized carbons (Fsp3) is 0.556. The minimum atomic E-state index is -0.967. The van der Waals surface area contributed by atoms with Gasteiger partial charge in [-0.3, -0.25) is 0 Å². The third-order valence-electron chi connectivity index (χ3n) is 1.83. The van der Waals surface area contributed by atoms with E-state index in [-0.39, 0.29) is 5.76 Å². The smallest absolute Gasteiger partial charge is 0.333 e. The van der Waals surface area contributed by atoms with Crippen LogP contribution >= 0.6 is 0 Å². The zero-order chi connectivity index (χ0) is 11.1. The Morgan fingerprint density at radius 1 is 1.43 bits per heavy atom. The Bertz CT molecular complexity index is 237. The molecule has 0 bridgehead atoms. The minimum absolute atomic E-state index is 0.285. The molecular formula is C9H15NO4. The van der Waals surface area contributed by atoms with Gasteiger partial charge in [0.1, 0.15) is 5.76 Å². The van der Waals surface area contributed by atoms with Crippen molar-refractivity contribution in [2.75, 3.05) is 14.2 Å². The van der Waals surface area contributed by atoms with Crippen LogP contribution in [0.4, 0.5) is 0 Å². The van der Waals surface area contributed by atoms with Crippen LogP contribution in [0.1, 0.15) is 6.92 Å². The molecule has 0 aromatic carbocycles. The zero-order valence-electron chi connectivity index (χ0n) is 8.48. The Hall–Kier alpha value is -1.36. The van der Waals surface area contributed by atoms with E-state index in [0.717, 1.165) is 12.3 Å². The van der Waals surface area contributed by atoms with Gasteiger partial charge < -0.3 is 20.0 Å². The maximum Gasteiger partial charge on any atom is 0.333 e. The third kappa shape index (κ3) is 3.57. The second kappa shape index (κ2) is 6.15. The number of nitrogens with one attached hydrogen (secondary N) is 1. The molecule has 0 aliphatic heterocycles. The van der Waals surface area contributed by atoms with E-state index in [1.54, 1.807) is 6.92 Å². The molecule has 0 fully saturated rings. The van der Waals surface area contributed by atoms with E-state index in [9.17, 15) is 9.90 Å². The van der Waals surface area contributed by atoms with Crippen LogP contribution in [-0.2, 0) is 14.3 Å². The van der Waals surface area contributed by atoms with E-state index in [0.29, 0.717) is 0 Å². The molecule has 5 nitrogen and oxygen atoms in total. The van der Waals surface area contributed by atoms with Gasteiger partial charge in [0.05, 0.1) is 26.4 Å². The summed E-state index contributed by atoms with van der Waals surface area (Å²) in [4.78, 5) is 10.9. The lowest BCUT2D eigenvalue weighted by molar-refractivity contribution is -0.135. The molecule has 14 heavy (non-hydrogen) atoms. The molecule has 0 aromatic rings. The van der Waals surface area contributed by atoms with Gasteiger partial charge in [0.25, 0.3) is 0 Å². The Kier molecular flexibility index (Phi) is 5.55. The van der Waals surface area contributed by atoms with Gasteiger partial charge >= 0.3 is 5.97 Å². The van der Waals surface area contributed by atoms with Gasteiger partial charge in [-0.1, -0.05) is 6.92 Å². The number of aliphatic hydroxyl groups is 1. The fourth-order valence-corrected chi connectivity index (χ4v) is 0.864. The van der Waals surface area contributed by atoms with Crippen molar-refractivity contribution < 1.29 is 19.4 Å². The second-order valence-electron chi connectivity index (χ2n) is 2.72. The van der Waals surface area contributed by atoms with Crippen molar-refractivity contribution in [2.24, 2.45) is 5.92 Å². The van der Waals surface area contributed by atoms with E-state index >= 15 is 0 Å². The summed E-state index contributed by atoms with van der Waals surface area (Å²) in [5, 5.41) is 16.2. The van der Waals surface area contributed by atoms with E-state index in [1.165, 1.54) is 14.2 Å². The van der Waals surface area contributed by atoms with Crippen LogP contribution in [-0.4, -0.2) is 37.6 Å². The standard InChI is InChI=1S/C9H15NO4/c1-6(7(11)5-10)8(13-2)4-9(12)14-3/h4-7,10-11H,1-3H3/b8-4+,10-5?. The van der Waals surface area contributed by atoms with Gasteiger partial charge in [0, 0.05) is 12.1 Å². The Balaban J connectivity index is 4.62. The number of hydrogen-bond acceptors (Lipinski definition) is 5.